The molecule has 0 aliphatic carbocycles. The van der Waals surface area contributed by atoms with Crippen molar-refractivity contribution in [3.63, 3.8) is 0 Å². The smallest absolute Gasteiger partial charge is 0.234 e. The maximum absolute atomic E-state index is 13.0. The van der Waals surface area contributed by atoms with Gasteiger partial charge in [-0.15, -0.1) is 0 Å². The summed E-state index contributed by atoms with van der Waals surface area (Å²) >= 11 is 0. The number of carbonyl (C=O) groups is 1. The van der Waals surface area contributed by atoms with Gasteiger partial charge in [0.2, 0.25) is 5.91 Å². The number of rotatable bonds is 5. The van der Waals surface area contributed by atoms with Crippen LogP contribution in [0.1, 0.15) is 18.4 Å². The van der Waals surface area contributed by atoms with Gasteiger partial charge in [0, 0.05) is 25.8 Å². The molecule has 21 heavy (non-hydrogen) atoms. The molecule has 0 saturated carbocycles. The fraction of sp³-hybridized carbons (Fsp3) is 0.533. The lowest BCUT2D eigenvalue weighted by Gasteiger charge is -2.31. The molecule has 1 heterocycles. The molecule has 116 valence electrons. The summed E-state index contributed by atoms with van der Waals surface area (Å²) in [6, 6.07) is 3.20. The minimum atomic E-state index is -0.652. The number of nitrogens with zero attached hydrogens (tertiary/aromatic N) is 1. The topological polar surface area (TPSA) is 52.6 Å². The highest BCUT2D eigenvalue weighted by atomic mass is 19.1. The van der Waals surface area contributed by atoms with E-state index in [-0.39, 0.29) is 31.5 Å². The Hall–Kier alpha value is -1.53. The van der Waals surface area contributed by atoms with Crippen LogP contribution < -0.4 is 5.32 Å². The molecule has 1 fully saturated rings. The fourth-order valence-corrected chi connectivity index (χ4v) is 2.62. The standard InChI is InChI=1S/C15H20F2N2O2/c16-13-4-12(5-14(17)6-13)7-18-15(21)9-19-3-1-2-11(8-19)10-20/h4-6,11,20H,1-3,7-10H2,(H,18,21). The molecule has 0 aromatic heterocycles. The van der Waals surface area contributed by atoms with Crippen molar-refractivity contribution >= 4 is 5.91 Å². The van der Waals surface area contributed by atoms with Crippen LogP contribution in [-0.4, -0.2) is 42.2 Å². The minimum Gasteiger partial charge on any atom is -0.396 e. The summed E-state index contributed by atoms with van der Waals surface area (Å²) in [5.41, 5.74) is 0.396. The van der Waals surface area contributed by atoms with Crippen LogP contribution >= 0.6 is 0 Å². The lowest BCUT2D eigenvalue weighted by Crippen LogP contribution is -2.43. The van der Waals surface area contributed by atoms with Crippen molar-refractivity contribution in [1.29, 1.82) is 0 Å². The second-order valence-corrected chi connectivity index (χ2v) is 5.48. The number of piperidine rings is 1. The number of carbonyl (C=O) groups excluding carboxylic acids is 1. The lowest BCUT2D eigenvalue weighted by atomic mass is 9.99. The van der Waals surface area contributed by atoms with Gasteiger partial charge in [-0.25, -0.2) is 8.78 Å². The molecule has 1 amide bonds. The van der Waals surface area contributed by atoms with Crippen LogP contribution in [0, 0.1) is 17.6 Å². The van der Waals surface area contributed by atoms with E-state index in [0.29, 0.717) is 12.1 Å². The third-order valence-electron chi connectivity index (χ3n) is 3.64. The van der Waals surface area contributed by atoms with E-state index in [0.717, 1.165) is 25.5 Å². The summed E-state index contributed by atoms with van der Waals surface area (Å²) in [5, 5.41) is 11.8. The number of aliphatic hydroxyl groups is 1. The number of hydrogen-bond acceptors (Lipinski definition) is 3. The molecule has 1 atom stereocenters. The summed E-state index contributed by atoms with van der Waals surface area (Å²) in [7, 11) is 0. The van der Waals surface area contributed by atoms with E-state index < -0.39 is 11.6 Å². The van der Waals surface area contributed by atoms with Crippen molar-refractivity contribution < 1.29 is 18.7 Å². The van der Waals surface area contributed by atoms with Crippen LogP contribution in [0.15, 0.2) is 18.2 Å². The number of likely N-dealkylation sites (tertiary alicyclic amines) is 1. The molecule has 2 N–H and O–H groups in total. The Morgan fingerprint density at radius 1 is 1.33 bits per heavy atom. The van der Waals surface area contributed by atoms with Crippen molar-refractivity contribution in [3.05, 3.63) is 35.4 Å². The average molecular weight is 298 g/mol. The van der Waals surface area contributed by atoms with Crippen LogP contribution in [0.4, 0.5) is 8.78 Å². The van der Waals surface area contributed by atoms with Gasteiger partial charge in [-0.1, -0.05) is 0 Å². The molecule has 1 aromatic carbocycles. The van der Waals surface area contributed by atoms with Crippen LogP contribution in [0.25, 0.3) is 0 Å². The Kier molecular flexibility index (Phi) is 5.64. The van der Waals surface area contributed by atoms with Crippen molar-refractivity contribution in [2.24, 2.45) is 5.92 Å². The van der Waals surface area contributed by atoms with E-state index in [2.05, 4.69) is 5.32 Å². The summed E-state index contributed by atoms with van der Waals surface area (Å²) in [5.74, 6) is -1.26. The summed E-state index contributed by atoms with van der Waals surface area (Å²) in [6.07, 6.45) is 1.95. The van der Waals surface area contributed by atoms with E-state index in [1.165, 1.54) is 12.1 Å². The third kappa shape index (κ3) is 5.06. The first-order valence-corrected chi connectivity index (χ1v) is 7.11. The first-order valence-electron chi connectivity index (χ1n) is 7.11. The Labute approximate surface area is 122 Å². The van der Waals surface area contributed by atoms with Gasteiger partial charge in [-0.2, -0.15) is 0 Å². The second kappa shape index (κ2) is 7.47. The zero-order valence-electron chi connectivity index (χ0n) is 11.8. The number of nitrogens with one attached hydrogen (secondary N) is 1. The highest BCUT2D eigenvalue weighted by Crippen LogP contribution is 2.15. The molecule has 1 aliphatic heterocycles. The number of hydrogen-bond donors (Lipinski definition) is 2. The molecule has 1 unspecified atom stereocenters. The molecule has 4 nitrogen and oxygen atoms in total. The van der Waals surface area contributed by atoms with Gasteiger partial charge in [0.05, 0.1) is 6.54 Å². The monoisotopic (exact) mass is 298 g/mol. The normalized spacial score (nSPS) is 19.5. The Morgan fingerprint density at radius 3 is 2.71 bits per heavy atom. The second-order valence-electron chi connectivity index (χ2n) is 5.48. The zero-order chi connectivity index (χ0) is 15.2. The van der Waals surface area contributed by atoms with Gasteiger partial charge in [-0.3, -0.25) is 9.69 Å². The summed E-state index contributed by atoms with van der Waals surface area (Å²) < 4.78 is 26.0. The van der Waals surface area contributed by atoms with Crippen LogP contribution in [0.2, 0.25) is 0 Å². The third-order valence-corrected chi connectivity index (χ3v) is 3.64. The molecular weight excluding hydrogens is 278 g/mol. The van der Waals surface area contributed by atoms with Gasteiger partial charge in [0.1, 0.15) is 11.6 Å². The average Bonchev–Trinajstić information content (AvgIpc) is 2.44. The molecule has 1 aliphatic rings. The molecule has 1 saturated heterocycles. The lowest BCUT2D eigenvalue weighted by molar-refractivity contribution is -0.122. The van der Waals surface area contributed by atoms with E-state index in [9.17, 15) is 13.6 Å². The van der Waals surface area contributed by atoms with E-state index in [1.807, 2.05) is 4.90 Å². The molecule has 0 spiro atoms. The first kappa shape index (κ1) is 15.9. The van der Waals surface area contributed by atoms with Gasteiger partial charge in [0.25, 0.3) is 0 Å². The molecule has 2 rings (SSSR count). The molecule has 1 aromatic rings. The molecular formula is C15H20F2N2O2. The fourth-order valence-electron chi connectivity index (χ4n) is 2.62. The molecule has 0 bridgehead atoms. The molecule has 0 radical (unpaired) electrons. The van der Waals surface area contributed by atoms with Crippen molar-refractivity contribution in [3.8, 4) is 0 Å². The van der Waals surface area contributed by atoms with Gasteiger partial charge in [0.15, 0.2) is 0 Å². The SMILES string of the molecule is O=C(CN1CCCC(CO)C1)NCc1cc(F)cc(F)c1. The maximum Gasteiger partial charge on any atom is 0.234 e. The van der Waals surface area contributed by atoms with E-state index >= 15 is 0 Å². The van der Waals surface area contributed by atoms with Crippen molar-refractivity contribution in [2.45, 2.75) is 19.4 Å². The number of aliphatic hydroxyl groups excluding tert-OH is 1. The Bertz CT molecular complexity index is 476. The van der Waals surface area contributed by atoms with Crippen LogP contribution in [0.5, 0.6) is 0 Å². The predicted molar refractivity (Wildman–Crippen MR) is 74.5 cm³/mol. The van der Waals surface area contributed by atoms with E-state index in [4.69, 9.17) is 5.11 Å². The maximum atomic E-state index is 13.0. The Balaban J connectivity index is 1.79. The van der Waals surface area contributed by atoms with Crippen LogP contribution in [-0.2, 0) is 11.3 Å². The Morgan fingerprint density at radius 2 is 2.05 bits per heavy atom. The van der Waals surface area contributed by atoms with Gasteiger partial charge >= 0.3 is 0 Å². The van der Waals surface area contributed by atoms with Gasteiger partial charge < -0.3 is 10.4 Å². The minimum absolute atomic E-state index is 0.102. The number of halogens is 2. The predicted octanol–water partition coefficient (Wildman–Crippen LogP) is 1.29. The van der Waals surface area contributed by atoms with Crippen molar-refractivity contribution in [1.82, 2.24) is 10.2 Å². The summed E-state index contributed by atoms with van der Waals surface area (Å²) in [6.45, 7) is 2.02. The van der Waals surface area contributed by atoms with Crippen molar-refractivity contribution in [2.75, 3.05) is 26.2 Å². The van der Waals surface area contributed by atoms with Crippen LogP contribution in [0.3, 0.4) is 0 Å². The highest BCUT2D eigenvalue weighted by Gasteiger charge is 2.20. The number of amides is 1. The first-order chi connectivity index (χ1) is 10.1. The largest absolute Gasteiger partial charge is 0.396 e. The van der Waals surface area contributed by atoms with E-state index in [1.54, 1.807) is 0 Å². The quantitative estimate of drug-likeness (QED) is 0.861. The summed E-state index contributed by atoms with van der Waals surface area (Å²) in [4.78, 5) is 13.8. The molecule has 6 heteroatoms. The van der Waals surface area contributed by atoms with Gasteiger partial charge in [-0.05, 0) is 43.0 Å². The highest BCUT2D eigenvalue weighted by molar-refractivity contribution is 5.78. The zero-order valence-corrected chi connectivity index (χ0v) is 11.8. The number of benzene rings is 1.